The molecule has 0 spiro atoms. The molecule has 0 aromatic heterocycles. The molecule has 3 fully saturated rings. The first-order valence-electron chi connectivity index (χ1n) is 12.5. The number of fused-ring (bicyclic) bond motifs is 5. The highest BCUT2D eigenvalue weighted by Crippen LogP contribution is 2.66. The van der Waals surface area contributed by atoms with Gasteiger partial charge in [-0.2, -0.15) is 0 Å². The standard InChI is InChI=1S/C26H43NO2/c1-5-6-15-27-24(29)17(2)21-9-10-22-20-8-7-18-16-19(28)11-13-25(18,3)23(20)12-14-26(21,22)4/h8,17-19,21-23,28H,5-7,9-16H2,1-4H3,(H,27,29)/t17-,18?,19-,21+,22-,23-,25-,26+/m0/s1. The lowest BCUT2D eigenvalue weighted by Crippen LogP contribution is -2.50. The summed E-state index contributed by atoms with van der Waals surface area (Å²) in [7, 11) is 0. The van der Waals surface area contributed by atoms with E-state index in [1.807, 2.05) is 0 Å². The van der Waals surface area contributed by atoms with Crippen LogP contribution in [-0.2, 0) is 4.79 Å². The Balaban J connectivity index is 1.52. The van der Waals surface area contributed by atoms with Crippen LogP contribution in [0.25, 0.3) is 0 Å². The Hall–Kier alpha value is -0.830. The monoisotopic (exact) mass is 401 g/mol. The van der Waals surface area contributed by atoms with Gasteiger partial charge in [0, 0.05) is 12.5 Å². The zero-order valence-electron chi connectivity index (χ0n) is 19.2. The number of unbranched alkanes of at least 4 members (excludes halogenated alkanes) is 1. The molecule has 4 aliphatic rings. The second-order valence-corrected chi connectivity index (χ2v) is 11.3. The molecule has 1 unspecified atom stereocenters. The third kappa shape index (κ3) is 3.50. The maximum Gasteiger partial charge on any atom is 0.223 e. The Morgan fingerprint density at radius 3 is 2.66 bits per heavy atom. The molecule has 0 aliphatic heterocycles. The lowest BCUT2D eigenvalue weighted by atomic mass is 9.47. The van der Waals surface area contributed by atoms with Crippen LogP contribution in [-0.4, -0.2) is 23.7 Å². The predicted octanol–water partition coefficient (Wildman–Crippen LogP) is 5.48. The second kappa shape index (κ2) is 8.02. The Labute approximate surface area is 178 Å². The molecule has 0 aromatic carbocycles. The van der Waals surface area contributed by atoms with Crippen LogP contribution < -0.4 is 5.32 Å². The highest BCUT2D eigenvalue weighted by atomic mass is 16.3. The van der Waals surface area contributed by atoms with Crippen molar-refractivity contribution >= 4 is 5.91 Å². The molecular weight excluding hydrogens is 358 g/mol. The minimum atomic E-state index is -0.0835. The Bertz CT molecular complexity index is 657. The van der Waals surface area contributed by atoms with E-state index in [1.54, 1.807) is 5.57 Å². The molecule has 1 amide bonds. The lowest BCUT2D eigenvalue weighted by Gasteiger charge is -2.57. The van der Waals surface area contributed by atoms with Crippen molar-refractivity contribution in [1.29, 1.82) is 0 Å². The number of rotatable bonds is 5. The van der Waals surface area contributed by atoms with Gasteiger partial charge in [-0.15, -0.1) is 0 Å². The molecule has 2 N–H and O–H groups in total. The number of hydrogen-bond acceptors (Lipinski definition) is 2. The summed E-state index contributed by atoms with van der Waals surface area (Å²) in [5.41, 5.74) is 2.41. The smallest absolute Gasteiger partial charge is 0.223 e. The predicted molar refractivity (Wildman–Crippen MR) is 118 cm³/mol. The maximum atomic E-state index is 12.8. The topological polar surface area (TPSA) is 49.3 Å². The first-order valence-corrected chi connectivity index (χ1v) is 12.5. The highest BCUT2D eigenvalue weighted by Gasteiger charge is 2.58. The summed E-state index contributed by atoms with van der Waals surface area (Å²) < 4.78 is 0. The van der Waals surface area contributed by atoms with Gasteiger partial charge in [0.25, 0.3) is 0 Å². The number of hydrogen-bond donors (Lipinski definition) is 2. The summed E-state index contributed by atoms with van der Waals surface area (Å²) in [6.45, 7) is 10.2. The van der Waals surface area contributed by atoms with Crippen LogP contribution in [0.5, 0.6) is 0 Å². The number of aliphatic hydroxyl groups excluding tert-OH is 1. The van der Waals surface area contributed by atoms with Crippen molar-refractivity contribution in [3.05, 3.63) is 11.6 Å². The fourth-order valence-corrected chi connectivity index (χ4v) is 8.08. The van der Waals surface area contributed by atoms with Gasteiger partial charge in [-0.05, 0) is 92.3 Å². The molecule has 0 saturated heterocycles. The van der Waals surface area contributed by atoms with E-state index >= 15 is 0 Å². The van der Waals surface area contributed by atoms with E-state index in [0.29, 0.717) is 29.1 Å². The number of amides is 1. The van der Waals surface area contributed by atoms with Gasteiger partial charge in [-0.25, -0.2) is 0 Å². The number of carbonyl (C=O) groups excluding carboxylic acids is 1. The van der Waals surface area contributed by atoms with Gasteiger partial charge in [-0.1, -0.05) is 45.8 Å². The molecule has 164 valence electrons. The van der Waals surface area contributed by atoms with Crippen LogP contribution in [0, 0.1) is 40.4 Å². The summed E-state index contributed by atoms with van der Waals surface area (Å²) in [5, 5.41) is 13.4. The largest absolute Gasteiger partial charge is 0.393 e. The van der Waals surface area contributed by atoms with Crippen LogP contribution >= 0.6 is 0 Å². The molecule has 4 aliphatic carbocycles. The molecule has 3 saturated carbocycles. The Kier molecular flexibility index (Phi) is 5.92. The molecule has 3 heteroatoms. The number of nitrogens with one attached hydrogen (secondary N) is 1. The van der Waals surface area contributed by atoms with Crippen molar-refractivity contribution < 1.29 is 9.90 Å². The zero-order valence-corrected chi connectivity index (χ0v) is 19.2. The van der Waals surface area contributed by atoms with Crippen molar-refractivity contribution in [3.8, 4) is 0 Å². The molecular formula is C26H43NO2. The lowest BCUT2D eigenvalue weighted by molar-refractivity contribution is -0.128. The van der Waals surface area contributed by atoms with Gasteiger partial charge < -0.3 is 10.4 Å². The average molecular weight is 402 g/mol. The Morgan fingerprint density at radius 1 is 1.17 bits per heavy atom. The van der Waals surface area contributed by atoms with Crippen molar-refractivity contribution in [2.75, 3.05) is 6.54 Å². The molecule has 0 heterocycles. The molecule has 0 bridgehead atoms. The van der Waals surface area contributed by atoms with Crippen LogP contribution in [0.2, 0.25) is 0 Å². The van der Waals surface area contributed by atoms with Gasteiger partial charge in [0.1, 0.15) is 0 Å². The summed E-state index contributed by atoms with van der Waals surface area (Å²) in [5.74, 6) is 2.94. The molecule has 3 nitrogen and oxygen atoms in total. The average Bonchev–Trinajstić information content (AvgIpc) is 3.05. The molecule has 0 aromatic rings. The minimum absolute atomic E-state index is 0.0835. The van der Waals surface area contributed by atoms with E-state index in [2.05, 4.69) is 39.1 Å². The van der Waals surface area contributed by atoms with E-state index in [4.69, 9.17) is 0 Å². The third-order valence-corrected chi connectivity index (χ3v) is 9.97. The summed E-state index contributed by atoms with van der Waals surface area (Å²) >= 11 is 0. The molecule has 0 radical (unpaired) electrons. The van der Waals surface area contributed by atoms with E-state index in [9.17, 15) is 9.90 Å². The first-order chi connectivity index (χ1) is 13.8. The maximum absolute atomic E-state index is 12.8. The Morgan fingerprint density at radius 2 is 1.90 bits per heavy atom. The minimum Gasteiger partial charge on any atom is -0.393 e. The van der Waals surface area contributed by atoms with E-state index < -0.39 is 0 Å². The number of carbonyl (C=O) groups is 1. The fraction of sp³-hybridized carbons (Fsp3) is 0.885. The van der Waals surface area contributed by atoms with Crippen LogP contribution in [0.15, 0.2) is 11.6 Å². The van der Waals surface area contributed by atoms with E-state index in [1.165, 1.54) is 32.1 Å². The number of aliphatic hydroxyl groups is 1. The van der Waals surface area contributed by atoms with E-state index in [0.717, 1.165) is 38.6 Å². The van der Waals surface area contributed by atoms with E-state index in [-0.39, 0.29) is 23.3 Å². The van der Waals surface area contributed by atoms with Gasteiger partial charge >= 0.3 is 0 Å². The highest BCUT2D eigenvalue weighted by molar-refractivity contribution is 5.78. The fourth-order valence-electron chi connectivity index (χ4n) is 8.08. The molecule has 4 rings (SSSR count). The van der Waals surface area contributed by atoms with Crippen molar-refractivity contribution in [1.82, 2.24) is 5.32 Å². The van der Waals surface area contributed by atoms with Crippen LogP contribution in [0.3, 0.4) is 0 Å². The van der Waals surface area contributed by atoms with Gasteiger partial charge in [0.05, 0.1) is 6.10 Å². The zero-order chi connectivity index (χ0) is 20.8. The van der Waals surface area contributed by atoms with Gasteiger partial charge in [0.2, 0.25) is 5.91 Å². The molecule has 29 heavy (non-hydrogen) atoms. The van der Waals surface area contributed by atoms with Gasteiger partial charge in [0.15, 0.2) is 0 Å². The SMILES string of the molecule is CCCCNC(=O)[C@@H](C)[C@H]1CC[C@H]2C3=CCC4C[C@@H](O)CC[C@]4(C)[C@H]3CC[C@]12C. The normalized spacial score (nSPS) is 44.9. The summed E-state index contributed by atoms with van der Waals surface area (Å²) in [6, 6.07) is 0. The van der Waals surface area contributed by atoms with Crippen LogP contribution in [0.1, 0.15) is 91.9 Å². The number of allylic oxidation sites excluding steroid dienone is 2. The summed E-state index contributed by atoms with van der Waals surface area (Å²) in [4.78, 5) is 12.8. The third-order valence-electron chi connectivity index (χ3n) is 9.97. The van der Waals surface area contributed by atoms with Crippen LogP contribution in [0.4, 0.5) is 0 Å². The van der Waals surface area contributed by atoms with Crippen molar-refractivity contribution in [3.63, 3.8) is 0 Å². The van der Waals surface area contributed by atoms with Crippen molar-refractivity contribution in [2.45, 2.75) is 98.0 Å². The molecule has 8 atom stereocenters. The quantitative estimate of drug-likeness (QED) is 0.473. The van der Waals surface area contributed by atoms with Crippen molar-refractivity contribution in [2.24, 2.45) is 40.4 Å². The summed E-state index contributed by atoms with van der Waals surface area (Å²) in [6.07, 6.45) is 14.0. The first kappa shape index (κ1) is 21.4. The second-order valence-electron chi connectivity index (χ2n) is 11.3. The van der Waals surface area contributed by atoms with Gasteiger partial charge in [-0.3, -0.25) is 4.79 Å².